The van der Waals surface area contributed by atoms with Crippen LogP contribution in [0.1, 0.15) is 12.8 Å². The van der Waals surface area contributed by atoms with Crippen molar-refractivity contribution in [3.8, 4) is 0 Å². The fourth-order valence-electron chi connectivity index (χ4n) is 2.85. The molecule has 1 N–H and O–H groups in total. The number of benzene rings is 2. The molecule has 0 aliphatic carbocycles. The minimum atomic E-state index is 0.620. The summed E-state index contributed by atoms with van der Waals surface area (Å²) < 4.78 is 1.14. The third-order valence-corrected chi connectivity index (χ3v) is 4.47. The summed E-state index contributed by atoms with van der Waals surface area (Å²) in [5, 5.41) is 6.00. The van der Waals surface area contributed by atoms with Gasteiger partial charge in [-0.05, 0) is 54.9 Å². The van der Waals surface area contributed by atoms with Crippen molar-refractivity contribution in [1.82, 2.24) is 5.32 Å². The molecule has 1 saturated heterocycles. The maximum atomic E-state index is 3.53. The Bertz CT molecular complexity index is 582. The topological polar surface area (TPSA) is 15.3 Å². The maximum absolute atomic E-state index is 3.53. The number of halogens is 1. The van der Waals surface area contributed by atoms with Crippen molar-refractivity contribution in [2.75, 3.05) is 25.0 Å². The van der Waals surface area contributed by atoms with Crippen LogP contribution in [0.5, 0.6) is 0 Å². The van der Waals surface area contributed by atoms with Gasteiger partial charge in [-0.1, -0.05) is 28.1 Å². The predicted molar refractivity (Wildman–Crippen MR) is 85.9 cm³/mol. The van der Waals surface area contributed by atoms with Crippen LogP contribution in [0.15, 0.2) is 40.9 Å². The Hall–Kier alpha value is -1.06. The average Bonchev–Trinajstić information content (AvgIpc) is 2.46. The molecular formula is C16H19BrN2. The van der Waals surface area contributed by atoms with E-state index >= 15 is 0 Å². The van der Waals surface area contributed by atoms with Gasteiger partial charge >= 0.3 is 0 Å². The average molecular weight is 319 g/mol. The first-order valence-corrected chi connectivity index (χ1v) is 7.67. The Morgan fingerprint density at radius 3 is 2.79 bits per heavy atom. The second-order valence-corrected chi connectivity index (χ2v) is 6.17. The van der Waals surface area contributed by atoms with E-state index in [1.165, 1.54) is 35.8 Å². The predicted octanol–water partition coefficient (Wildman–Crippen LogP) is 3.79. The lowest BCUT2D eigenvalue weighted by molar-refractivity contribution is 0.450. The highest BCUT2D eigenvalue weighted by Crippen LogP contribution is 2.26. The molecule has 1 aliphatic heterocycles. The zero-order chi connectivity index (χ0) is 13.2. The fourth-order valence-corrected chi connectivity index (χ4v) is 3.23. The van der Waals surface area contributed by atoms with E-state index in [2.05, 4.69) is 69.6 Å². The van der Waals surface area contributed by atoms with Crippen molar-refractivity contribution in [2.45, 2.75) is 18.9 Å². The Balaban J connectivity index is 1.90. The number of piperidine rings is 1. The summed E-state index contributed by atoms with van der Waals surface area (Å²) in [5.41, 5.74) is 1.34. The summed E-state index contributed by atoms with van der Waals surface area (Å²) in [5.74, 6) is 0. The molecule has 0 aromatic heterocycles. The molecule has 0 spiro atoms. The lowest BCUT2D eigenvalue weighted by Crippen LogP contribution is -2.44. The summed E-state index contributed by atoms with van der Waals surface area (Å²) in [7, 11) is 2.06. The van der Waals surface area contributed by atoms with Crippen LogP contribution in [0.25, 0.3) is 10.8 Å². The number of hydrogen-bond donors (Lipinski definition) is 1. The normalized spacial score (nSPS) is 19.9. The number of likely N-dealkylation sites (N-methyl/N-ethyl adjacent to an activating group) is 1. The molecule has 2 aromatic rings. The van der Waals surface area contributed by atoms with Gasteiger partial charge in [0.25, 0.3) is 0 Å². The van der Waals surface area contributed by atoms with E-state index in [1.807, 2.05) is 0 Å². The molecule has 0 amide bonds. The molecule has 0 saturated carbocycles. The van der Waals surface area contributed by atoms with Crippen LogP contribution in [-0.2, 0) is 0 Å². The van der Waals surface area contributed by atoms with Crippen molar-refractivity contribution in [3.63, 3.8) is 0 Å². The summed E-state index contributed by atoms with van der Waals surface area (Å²) in [6.07, 6.45) is 2.55. The van der Waals surface area contributed by atoms with Crippen LogP contribution in [0.3, 0.4) is 0 Å². The SMILES string of the molecule is CNC1CCCN(c2ccc3cc(Br)ccc3c2)C1. The molecule has 100 valence electrons. The van der Waals surface area contributed by atoms with E-state index in [9.17, 15) is 0 Å². The smallest absolute Gasteiger partial charge is 0.0373 e. The van der Waals surface area contributed by atoms with Crippen LogP contribution in [0, 0.1) is 0 Å². The van der Waals surface area contributed by atoms with Crippen LogP contribution >= 0.6 is 15.9 Å². The Morgan fingerprint density at radius 1 is 1.16 bits per heavy atom. The molecule has 0 radical (unpaired) electrons. The van der Waals surface area contributed by atoms with Gasteiger partial charge in [-0.2, -0.15) is 0 Å². The van der Waals surface area contributed by atoms with E-state index < -0.39 is 0 Å². The monoisotopic (exact) mass is 318 g/mol. The Morgan fingerprint density at radius 2 is 1.95 bits per heavy atom. The van der Waals surface area contributed by atoms with Gasteiger partial charge in [-0.3, -0.25) is 0 Å². The molecule has 2 nitrogen and oxygen atoms in total. The number of rotatable bonds is 2. The number of nitrogens with zero attached hydrogens (tertiary/aromatic N) is 1. The van der Waals surface area contributed by atoms with Gasteiger partial charge < -0.3 is 10.2 Å². The van der Waals surface area contributed by atoms with E-state index in [0.717, 1.165) is 11.0 Å². The second kappa shape index (κ2) is 5.51. The first-order valence-electron chi connectivity index (χ1n) is 6.88. The highest BCUT2D eigenvalue weighted by atomic mass is 79.9. The molecule has 3 heteroatoms. The van der Waals surface area contributed by atoms with E-state index in [-0.39, 0.29) is 0 Å². The number of fused-ring (bicyclic) bond motifs is 1. The lowest BCUT2D eigenvalue weighted by atomic mass is 10.0. The molecule has 19 heavy (non-hydrogen) atoms. The quantitative estimate of drug-likeness (QED) is 0.906. The highest BCUT2D eigenvalue weighted by Gasteiger charge is 2.18. The molecule has 2 aromatic carbocycles. The van der Waals surface area contributed by atoms with Crippen molar-refractivity contribution >= 4 is 32.4 Å². The van der Waals surface area contributed by atoms with Crippen molar-refractivity contribution in [1.29, 1.82) is 0 Å². The van der Waals surface area contributed by atoms with Gasteiger partial charge in [0.15, 0.2) is 0 Å². The highest BCUT2D eigenvalue weighted by molar-refractivity contribution is 9.10. The zero-order valence-corrected chi connectivity index (χ0v) is 12.8. The standard InChI is InChI=1S/C16H19BrN2/c1-18-15-3-2-8-19(11-15)16-7-5-12-9-14(17)6-4-13(12)10-16/h4-7,9-10,15,18H,2-3,8,11H2,1H3. The van der Waals surface area contributed by atoms with E-state index in [0.29, 0.717) is 6.04 Å². The van der Waals surface area contributed by atoms with Gasteiger partial charge in [0.05, 0.1) is 0 Å². The minimum Gasteiger partial charge on any atom is -0.370 e. The van der Waals surface area contributed by atoms with Crippen molar-refractivity contribution in [2.24, 2.45) is 0 Å². The molecule has 1 atom stereocenters. The first-order chi connectivity index (χ1) is 9.26. The van der Waals surface area contributed by atoms with Crippen molar-refractivity contribution < 1.29 is 0 Å². The van der Waals surface area contributed by atoms with Crippen LogP contribution in [-0.4, -0.2) is 26.2 Å². The fraction of sp³-hybridized carbons (Fsp3) is 0.375. The maximum Gasteiger partial charge on any atom is 0.0373 e. The molecule has 1 fully saturated rings. The van der Waals surface area contributed by atoms with E-state index in [1.54, 1.807) is 0 Å². The van der Waals surface area contributed by atoms with Crippen LogP contribution < -0.4 is 10.2 Å². The summed E-state index contributed by atoms with van der Waals surface area (Å²) in [6, 6.07) is 13.9. The molecule has 0 bridgehead atoms. The largest absolute Gasteiger partial charge is 0.370 e. The zero-order valence-electron chi connectivity index (χ0n) is 11.2. The van der Waals surface area contributed by atoms with Gasteiger partial charge in [0.1, 0.15) is 0 Å². The molecular weight excluding hydrogens is 300 g/mol. The van der Waals surface area contributed by atoms with Gasteiger partial charge in [-0.25, -0.2) is 0 Å². The third kappa shape index (κ3) is 2.77. The van der Waals surface area contributed by atoms with Crippen LogP contribution in [0.4, 0.5) is 5.69 Å². The van der Waals surface area contributed by atoms with Crippen LogP contribution in [0.2, 0.25) is 0 Å². The first kappa shape index (κ1) is 12.9. The lowest BCUT2D eigenvalue weighted by Gasteiger charge is -2.34. The second-order valence-electron chi connectivity index (χ2n) is 5.25. The summed E-state index contributed by atoms with van der Waals surface area (Å²) >= 11 is 3.53. The Kier molecular flexibility index (Phi) is 3.76. The van der Waals surface area contributed by atoms with Crippen molar-refractivity contribution in [3.05, 3.63) is 40.9 Å². The number of nitrogens with one attached hydrogen (secondary N) is 1. The summed E-state index contributed by atoms with van der Waals surface area (Å²) in [4.78, 5) is 2.49. The molecule has 1 heterocycles. The third-order valence-electron chi connectivity index (χ3n) is 3.98. The molecule has 1 aliphatic rings. The molecule has 3 rings (SSSR count). The number of anilines is 1. The number of hydrogen-bond acceptors (Lipinski definition) is 2. The van der Waals surface area contributed by atoms with Gasteiger partial charge in [-0.15, -0.1) is 0 Å². The molecule has 1 unspecified atom stereocenters. The van der Waals surface area contributed by atoms with Gasteiger partial charge in [0.2, 0.25) is 0 Å². The van der Waals surface area contributed by atoms with E-state index in [4.69, 9.17) is 0 Å². The minimum absolute atomic E-state index is 0.620. The van der Waals surface area contributed by atoms with Gasteiger partial charge in [0, 0.05) is 29.3 Å². The Labute approximate surface area is 122 Å². The summed E-state index contributed by atoms with van der Waals surface area (Å²) in [6.45, 7) is 2.28.